The van der Waals surface area contributed by atoms with Crippen molar-refractivity contribution in [3.63, 3.8) is 0 Å². The van der Waals surface area contributed by atoms with Crippen molar-refractivity contribution in [1.82, 2.24) is 0 Å². The minimum Gasteiger partial charge on any atom is -0.490 e. The number of hydrogen-bond acceptors (Lipinski definition) is 5. The van der Waals surface area contributed by atoms with E-state index >= 15 is 0 Å². The molecule has 7 heteroatoms. The molecule has 0 aliphatic carbocycles. The second-order valence-electron chi connectivity index (χ2n) is 5.34. The summed E-state index contributed by atoms with van der Waals surface area (Å²) in [5.74, 6) is 1.03. The summed E-state index contributed by atoms with van der Waals surface area (Å²) >= 11 is 0. The van der Waals surface area contributed by atoms with Crippen molar-refractivity contribution < 1.29 is 19.7 Å². The molecule has 0 spiro atoms. The van der Waals surface area contributed by atoms with Crippen LogP contribution in [0.3, 0.4) is 0 Å². The predicted octanol–water partition coefficient (Wildman–Crippen LogP) is 3.37. The van der Waals surface area contributed by atoms with Crippen molar-refractivity contribution in [2.45, 2.75) is 25.7 Å². The van der Waals surface area contributed by atoms with Crippen molar-refractivity contribution >= 4 is 0 Å². The molecule has 2 rings (SSSR count). The molecular weight excluding hydrogens is 322 g/mol. The molecule has 0 radical (unpaired) electrons. The molecular formula is C18H21N3O4. The Bertz CT molecular complexity index is 718. The molecule has 132 valence electrons. The summed E-state index contributed by atoms with van der Waals surface area (Å²) in [7, 11) is 0. The zero-order valence-electron chi connectivity index (χ0n) is 13.9. The number of aliphatic hydroxyl groups is 2. The Morgan fingerprint density at radius 1 is 1.08 bits per heavy atom. The molecule has 2 unspecified atom stereocenters. The largest absolute Gasteiger partial charge is 0.490 e. The molecule has 0 saturated carbocycles. The fraction of sp³-hybridized carbons (Fsp3) is 0.333. The molecule has 0 saturated heterocycles. The topological polar surface area (TPSA) is 108 Å². The maximum absolute atomic E-state index is 10.2. The Balaban J connectivity index is 2.14. The van der Waals surface area contributed by atoms with Gasteiger partial charge in [0.25, 0.3) is 0 Å². The molecule has 2 aromatic rings. The van der Waals surface area contributed by atoms with Crippen LogP contribution in [0.2, 0.25) is 0 Å². The lowest BCUT2D eigenvalue weighted by atomic mass is 10.0. The van der Waals surface area contributed by atoms with Gasteiger partial charge in [-0.2, -0.15) is 0 Å². The zero-order valence-corrected chi connectivity index (χ0v) is 13.9. The number of rotatable bonds is 9. The van der Waals surface area contributed by atoms with E-state index in [0.29, 0.717) is 30.3 Å². The van der Waals surface area contributed by atoms with Crippen LogP contribution in [-0.2, 0) is 6.61 Å². The zero-order chi connectivity index (χ0) is 18.1. The van der Waals surface area contributed by atoms with Gasteiger partial charge in [-0.1, -0.05) is 41.5 Å². The second kappa shape index (κ2) is 9.54. The molecule has 0 amide bonds. The Kier molecular flexibility index (Phi) is 7.10. The van der Waals surface area contributed by atoms with Crippen molar-refractivity contribution in [2.24, 2.45) is 5.11 Å². The summed E-state index contributed by atoms with van der Waals surface area (Å²) in [6.45, 7) is 2.46. The Hall–Kier alpha value is -2.73. The van der Waals surface area contributed by atoms with Gasteiger partial charge in [-0.3, -0.25) is 0 Å². The molecule has 7 nitrogen and oxygen atoms in total. The van der Waals surface area contributed by atoms with Gasteiger partial charge >= 0.3 is 0 Å². The highest BCUT2D eigenvalue weighted by molar-refractivity contribution is 5.44. The summed E-state index contributed by atoms with van der Waals surface area (Å²) in [6.07, 6.45) is -2.38. The third-order valence-electron chi connectivity index (χ3n) is 3.54. The van der Waals surface area contributed by atoms with Crippen LogP contribution in [0.15, 0.2) is 53.6 Å². The second-order valence-corrected chi connectivity index (χ2v) is 5.34. The van der Waals surface area contributed by atoms with E-state index in [2.05, 4.69) is 10.0 Å². The molecule has 2 atom stereocenters. The van der Waals surface area contributed by atoms with E-state index < -0.39 is 12.2 Å². The molecule has 25 heavy (non-hydrogen) atoms. The summed E-state index contributed by atoms with van der Waals surface area (Å²) in [4.78, 5) is 2.58. The number of azide groups is 1. The normalized spacial score (nSPS) is 12.8. The van der Waals surface area contributed by atoms with Gasteiger partial charge in [0.1, 0.15) is 12.7 Å². The van der Waals surface area contributed by atoms with E-state index in [-0.39, 0.29) is 6.54 Å². The molecule has 2 aromatic carbocycles. The SMILES string of the molecule is CCOc1cc(C(O)C(O)CN=[N+]=[N-])ccc1OCc1ccccc1. The molecule has 0 bridgehead atoms. The maximum atomic E-state index is 10.2. The van der Waals surface area contributed by atoms with Gasteiger partial charge < -0.3 is 19.7 Å². The van der Waals surface area contributed by atoms with E-state index in [1.165, 1.54) is 0 Å². The number of ether oxygens (including phenoxy) is 2. The molecule has 0 aliphatic heterocycles. The average Bonchev–Trinajstić information content (AvgIpc) is 2.65. The minimum atomic E-state index is -1.19. The monoisotopic (exact) mass is 343 g/mol. The molecule has 0 aliphatic rings. The number of benzene rings is 2. The average molecular weight is 343 g/mol. The fourth-order valence-electron chi connectivity index (χ4n) is 2.27. The summed E-state index contributed by atoms with van der Waals surface area (Å²) < 4.78 is 11.4. The van der Waals surface area contributed by atoms with E-state index in [9.17, 15) is 10.2 Å². The summed E-state index contributed by atoms with van der Waals surface area (Å²) in [6, 6.07) is 14.7. The quantitative estimate of drug-likeness (QED) is 0.413. The summed E-state index contributed by atoms with van der Waals surface area (Å²) in [5, 5.41) is 23.3. The van der Waals surface area contributed by atoms with Gasteiger partial charge in [0.15, 0.2) is 11.5 Å². The highest BCUT2D eigenvalue weighted by Gasteiger charge is 2.19. The van der Waals surface area contributed by atoms with Gasteiger partial charge in [-0.15, -0.1) is 0 Å². The van der Waals surface area contributed by atoms with E-state index in [1.807, 2.05) is 37.3 Å². The maximum Gasteiger partial charge on any atom is 0.161 e. The third kappa shape index (κ3) is 5.39. The van der Waals surface area contributed by atoms with Crippen molar-refractivity contribution in [3.8, 4) is 11.5 Å². The van der Waals surface area contributed by atoms with Gasteiger partial charge in [0.05, 0.1) is 19.3 Å². The van der Waals surface area contributed by atoms with Crippen LogP contribution in [0, 0.1) is 0 Å². The predicted molar refractivity (Wildman–Crippen MR) is 93.4 cm³/mol. The highest BCUT2D eigenvalue weighted by Crippen LogP contribution is 2.32. The first kappa shape index (κ1) is 18.6. The molecule has 2 N–H and O–H groups in total. The van der Waals surface area contributed by atoms with Gasteiger partial charge in [0, 0.05) is 4.91 Å². The lowest BCUT2D eigenvalue weighted by molar-refractivity contribution is 0.0242. The van der Waals surface area contributed by atoms with Crippen molar-refractivity contribution in [1.29, 1.82) is 0 Å². The standard InChI is InChI=1S/C18H21N3O4/c1-2-24-17-10-14(18(23)15(22)11-20-21-19)8-9-16(17)25-12-13-6-4-3-5-7-13/h3-10,15,18,22-23H,2,11-12H2,1H3. The number of nitrogens with zero attached hydrogens (tertiary/aromatic N) is 3. The Morgan fingerprint density at radius 2 is 1.84 bits per heavy atom. The number of aliphatic hydroxyl groups excluding tert-OH is 2. The molecule has 0 aromatic heterocycles. The first-order chi connectivity index (χ1) is 12.2. The van der Waals surface area contributed by atoms with Crippen LogP contribution >= 0.6 is 0 Å². The minimum absolute atomic E-state index is 0.214. The van der Waals surface area contributed by atoms with Crippen molar-refractivity contribution in [3.05, 3.63) is 70.1 Å². The van der Waals surface area contributed by atoms with E-state index in [4.69, 9.17) is 15.0 Å². The van der Waals surface area contributed by atoms with E-state index in [1.54, 1.807) is 18.2 Å². The van der Waals surface area contributed by atoms with Gasteiger partial charge in [0.2, 0.25) is 0 Å². The van der Waals surface area contributed by atoms with Crippen LogP contribution in [0.25, 0.3) is 10.4 Å². The lowest BCUT2D eigenvalue weighted by Crippen LogP contribution is -2.21. The van der Waals surface area contributed by atoms with Gasteiger partial charge in [-0.25, -0.2) is 0 Å². The third-order valence-corrected chi connectivity index (χ3v) is 3.54. The smallest absolute Gasteiger partial charge is 0.161 e. The summed E-state index contributed by atoms with van der Waals surface area (Å²) in [5.41, 5.74) is 9.78. The highest BCUT2D eigenvalue weighted by atomic mass is 16.5. The first-order valence-electron chi connectivity index (χ1n) is 7.96. The Morgan fingerprint density at radius 3 is 2.52 bits per heavy atom. The lowest BCUT2D eigenvalue weighted by Gasteiger charge is -2.19. The molecule has 0 fully saturated rings. The molecule has 0 heterocycles. The van der Waals surface area contributed by atoms with Crippen LogP contribution in [0.5, 0.6) is 11.5 Å². The van der Waals surface area contributed by atoms with Crippen LogP contribution in [0.4, 0.5) is 0 Å². The number of hydrogen-bond donors (Lipinski definition) is 2. The Labute approximate surface area is 146 Å². The van der Waals surface area contributed by atoms with Crippen molar-refractivity contribution in [2.75, 3.05) is 13.2 Å². The van der Waals surface area contributed by atoms with Crippen LogP contribution < -0.4 is 9.47 Å². The van der Waals surface area contributed by atoms with E-state index in [0.717, 1.165) is 5.56 Å². The van der Waals surface area contributed by atoms with Crippen LogP contribution in [-0.4, -0.2) is 29.5 Å². The fourth-order valence-corrected chi connectivity index (χ4v) is 2.27. The van der Waals surface area contributed by atoms with Gasteiger partial charge in [-0.05, 0) is 35.7 Å². The first-order valence-corrected chi connectivity index (χ1v) is 7.96. The van der Waals surface area contributed by atoms with Crippen LogP contribution in [0.1, 0.15) is 24.2 Å².